The molecule has 0 spiro atoms. The number of nitrogens with one attached hydrogen (secondary N) is 3. The fourth-order valence-corrected chi connectivity index (χ4v) is 3.54. The van der Waals surface area contributed by atoms with E-state index in [9.17, 15) is 4.79 Å². The Morgan fingerprint density at radius 3 is 2.87 bits per heavy atom. The molecule has 3 aromatic rings. The molecule has 1 aliphatic heterocycles. The molecule has 0 radical (unpaired) electrons. The van der Waals surface area contributed by atoms with E-state index in [4.69, 9.17) is 0 Å². The highest BCUT2D eigenvalue weighted by Crippen LogP contribution is 2.31. The van der Waals surface area contributed by atoms with Crippen molar-refractivity contribution in [2.45, 2.75) is 18.9 Å². The van der Waals surface area contributed by atoms with E-state index in [1.54, 1.807) is 13.2 Å². The van der Waals surface area contributed by atoms with Gasteiger partial charge in [0.05, 0.1) is 5.69 Å². The van der Waals surface area contributed by atoms with Gasteiger partial charge < -0.3 is 16.0 Å². The number of aromatic nitrogens is 2. The number of halogens is 1. The quantitative estimate of drug-likeness (QED) is 0.276. The molecule has 3 N–H and O–H groups in total. The zero-order chi connectivity index (χ0) is 20.1. The van der Waals surface area contributed by atoms with Crippen LogP contribution >= 0.6 is 24.0 Å². The Bertz CT molecular complexity index is 1020. The molecule has 1 unspecified atom stereocenters. The number of hydrogen-bond donors (Lipinski definition) is 3. The molecule has 4 rings (SSSR count). The molecule has 8 heteroatoms. The van der Waals surface area contributed by atoms with E-state index in [1.807, 2.05) is 47.3 Å². The fraction of sp³-hybridized carbons (Fsp3) is 0.227. The lowest BCUT2D eigenvalue weighted by Crippen LogP contribution is -2.40. The Balaban J connectivity index is 0.00000256. The number of guanidine groups is 1. The molecule has 1 aromatic heterocycles. The van der Waals surface area contributed by atoms with Crippen LogP contribution in [0.1, 0.15) is 23.5 Å². The van der Waals surface area contributed by atoms with Crippen LogP contribution in [0.5, 0.6) is 0 Å². The number of anilines is 1. The molecular weight excluding hydrogens is 491 g/mol. The average molecular weight is 516 g/mol. The van der Waals surface area contributed by atoms with Gasteiger partial charge in [-0.15, -0.1) is 24.0 Å². The van der Waals surface area contributed by atoms with Crippen molar-refractivity contribution in [1.82, 2.24) is 20.4 Å². The monoisotopic (exact) mass is 516 g/mol. The van der Waals surface area contributed by atoms with Crippen molar-refractivity contribution in [1.29, 1.82) is 0 Å². The van der Waals surface area contributed by atoms with Crippen LogP contribution in [0.2, 0.25) is 0 Å². The van der Waals surface area contributed by atoms with Crippen LogP contribution < -0.4 is 16.0 Å². The summed E-state index contributed by atoms with van der Waals surface area (Å²) in [5.74, 6) is 0.869. The predicted octanol–water partition coefficient (Wildman–Crippen LogP) is 3.28. The van der Waals surface area contributed by atoms with Gasteiger partial charge in [-0.1, -0.05) is 30.3 Å². The molecule has 0 aliphatic carbocycles. The molecule has 156 valence electrons. The zero-order valence-electron chi connectivity index (χ0n) is 16.7. The van der Waals surface area contributed by atoms with Crippen molar-refractivity contribution in [2.24, 2.45) is 4.99 Å². The molecule has 1 amide bonds. The van der Waals surface area contributed by atoms with Gasteiger partial charge in [-0.2, -0.15) is 5.10 Å². The Kier molecular flexibility index (Phi) is 7.45. The molecule has 0 fully saturated rings. The lowest BCUT2D eigenvalue weighted by Gasteiger charge is -2.26. The number of amides is 1. The third kappa shape index (κ3) is 5.18. The second-order valence-electron chi connectivity index (χ2n) is 6.96. The van der Waals surface area contributed by atoms with Crippen LogP contribution in [0, 0.1) is 0 Å². The third-order valence-electron chi connectivity index (χ3n) is 4.99. The van der Waals surface area contributed by atoms with E-state index < -0.39 is 0 Å². The summed E-state index contributed by atoms with van der Waals surface area (Å²) in [5, 5.41) is 13.9. The molecule has 30 heavy (non-hydrogen) atoms. The summed E-state index contributed by atoms with van der Waals surface area (Å²) in [6, 6.07) is 18.0. The highest BCUT2D eigenvalue weighted by molar-refractivity contribution is 14.0. The van der Waals surface area contributed by atoms with Crippen molar-refractivity contribution in [3.63, 3.8) is 0 Å². The minimum Gasteiger partial charge on any atom is -0.356 e. The summed E-state index contributed by atoms with van der Waals surface area (Å²) in [4.78, 5) is 16.3. The van der Waals surface area contributed by atoms with Crippen molar-refractivity contribution < 1.29 is 4.79 Å². The second kappa shape index (κ2) is 10.2. The Hall–Kier alpha value is -2.88. The molecule has 0 saturated heterocycles. The van der Waals surface area contributed by atoms with E-state index in [0.29, 0.717) is 25.5 Å². The number of fused-ring (bicyclic) bond motifs is 1. The van der Waals surface area contributed by atoms with Gasteiger partial charge in [0, 0.05) is 50.6 Å². The van der Waals surface area contributed by atoms with Crippen LogP contribution in [0.15, 0.2) is 72.0 Å². The number of hydrogen-bond acceptors (Lipinski definition) is 3. The molecule has 2 aromatic carbocycles. The first kappa shape index (κ1) is 21.8. The predicted molar refractivity (Wildman–Crippen MR) is 130 cm³/mol. The summed E-state index contributed by atoms with van der Waals surface area (Å²) in [6.07, 6.45) is 4.15. The molecule has 0 saturated carbocycles. The fourth-order valence-electron chi connectivity index (χ4n) is 3.54. The number of para-hydroxylation sites is 1. The highest BCUT2D eigenvalue weighted by Gasteiger charge is 2.24. The molecule has 2 heterocycles. The van der Waals surface area contributed by atoms with Crippen LogP contribution in [0.4, 0.5) is 5.69 Å². The molecule has 0 bridgehead atoms. The maximum absolute atomic E-state index is 12.0. The maximum Gasteiger partial charge on any atom is 0.225 e. The van der Waals surface area contributed by atoms with Crippen LogP contribution in [-0.4, -0.2) is 35.2 Å². The van der Waals surface area contributed by atoms with Gasteiger partial charge in [0.25, 0.3) is 0 Å². The summed E-state index contributed by atoms with van der Waals surface area (Å²) < 4.78 is 1.84. The van der Waals surface area contributed by atoms with Gasteiger partial charge in [0.15, 0.2) is 5.96 Å². The standard InChI is InChI=1S/C22H24N6O.HI/c1-23-22(24-14-16-6-4-7-18(12-16)28-11-5-10-26-28)25-15-17-13-21(29)27-20-9-3-2-8-19(17)20;/h2-12,17H,13-15H2,1H3,(H,27,29)(H2,23,24,25);1H. The number of carbonyl (C=O) groups is 1. The van der Waals surface area contributed by atoms with Gasteiger partial charge in [-0.05, 0) is 35.4 Å². The number of benzene rings is 2. The third-order valence-corrected chi connectivity index (χ3v) is 4.99. The largest absolute Gasteiger partial charge is 0.356 e. The summed E-state index contributed by atoms with van der Waals surface area (Å²) >= 11 is 0. The normalized spacial score (nSPS) is 15.6. The van der Waals surface area contributed by atoms with Crippen molar-refractivity contribution in [3.05, 3.63) is 78.1 Å². The van der Waals surface area contributed by atoms with Crippen molar-refractivity contribution in [2.75, 3.05) is 18.9 Å². The minimum absolute atomic E-state index is 0. The first-order chi connectivity index (χ1) is 14.2. The van der Waals surface area contributed by atoms with E-state index >= 15 is 0 Å². The van der Waals surface area contributed by atoms with Gasteiger partial charge in [0.1, 0.15) is 0 Å². The van der Waals surface area contributed by atoms with E-state index in [-0.39, 0.29) is 35.8 Å². The molecule has 7 nitrogen and oxygen atoms in total. The van der Waals surface area contributed by atoms with Gasteiger partial charge in [0.2, 0.25) is 5.91 Å². The van der Waals surface area contributed by atoms with Gasteiger partial charge in [-0.3, -0.25) is 9.79 Å². The van der Waals surface area contributed by atoms with Crippen molar-refractivity contribution in [3.8, 4) is 5.69 Å². The lowest BCUT2D eigenvalue weighted by molar-refractivity contribution is -0.116. The Morgan fingerprint density at radius 2 is 2.07 bits per heavy atom. The van der Waals surface area contributed by atoms with Gasteiger partial charge >= 0.3 is 0 Å². The summed E-state index contributed by atoms with van der Waals surface area (Å²) in [5.41, 5.74) is 4.20. The first-order valence-corrected chi connectivity index (χ1v) is 9.65. The average Bonchev–Trinajstić information content (AvgIpc) is 3.29. The second-order valence-corrected chi connectivity index (χ2v) is 6.96. The minimum atomic E-state index is 0. The number of carbonyl (C=O) groups excluding carboxylic acids is 1. The molecule has 1 atom stereocenters. The SMILES string of the molecule is CN=C(NCc1cccc(-n2cccn2)c1)NCC1CC(=O)Nc2ccccc21.I. The smallest absolute Gasteiger partial charge is 0.225 e. The molecule has 1 aliphatic rings. The van der Waals surface area contributed by atoms with E-state index in [0.717, 1.165) is 22.5 Å². The van der Waals surface area contributed by atoms with Crippen LogP contribution in [-0.2, 0) is 11.3 Å². The first-order valence-electron chi connectivity index (χ1n) is 9.65. The zero-order valence-corrected chi connectivity index (χ0v) is 19.0. The van der Waals surface area contributed by atoms with E-state index in [1.165, 1.54) is 0 Å². The number of nitrogens with zero attached hydrogens (tertiary/aromatic N) is 3. The lowest BCUT2D eigenvalue weighted by atomic mass is 9.90. The Morgan fingerprint density at radius 1 is 1.20 bits per heavy atom. The van der Waals surface area contributed by atoms with Crippen molar-refractivity contribution >= 4 is 41.5 Å². The van der Waals surface area contributed by atoms with Crippen LogP contribution in [0.3, 0.4) is 0 Å². The van der Waals surface area contributed by atoms with E-state index in [2.05, 4.69) is 44.2 Å². The van der Waals surface area contributed by atoms with Crippen LogP contribution in [0.25, 0.3) is 5.69 Å². The maximum atomic E-state index is 12.0. The number of aliphatic imine (C=N–C) groups is 1. The summed E-state index contributed by atoms with van der Waals surface area (Å²) in [7, 11) is 1.75. The Labute approximate surface area is 193 Å². The highest BCUT2D eigenvalue weighted by atomic mass is 127. The molecular formula is C22H25IN6O. The topological polar surface area (TPSA) is 83.3 Å². The number of rotatable bonds is 5. The van der Waals surface area contributed by atoms with Gasteiger partial charge in [-0.25, -0.2) is 4.68 Å². The summed E-state index contributed by atoms with van der Waals surface area (Å²) in [6.45, 7) is 1.27.